The summed E-state index contributed by atoms with van der Waals surface area (Å²) < 4.78 is 5.23. The second-order valence-electron chi connectivity index (χ2n) is 8.16. The number of rotatable bonds is 8. The van der Waals surface area contributed by atoms with Crippen molar-refractivity contribution in [1.82, 2.24) is 10.6 Å². The summed E-state index contributed by atoms with van der Waals surface area (Å²) in [5.74, 6) is -0.936. The van der Waals surface area contributed by atoms with Gasteiger partial charge in [0.2, 0.25) is 11.8 Å². The van der Waals surface area contributed by atoms with Crippen molar-refractivity contribution in [2.24, 2.45) is 11.7 Å². The number of carbonyl (C=O) groups excluding carboxylic acids is 3. The van der Waals surface area contributed by atoms with E-state index in [0.29, 0.717) is 12.0 Å². The maximum atomic E-state index is 12.8. The second-order valence-corrected chi connectivity index (χ2v) is 8.16. The van der Waals surface area contributed by atoms with E-state index >= 15 is 0 Å². The van der Waals surface area contributed by atoms with E-state index in [4.69, 9.17) is 10.5 Å². The van der Waals surface area contributed by atoms with E-state index in [9.17, 15) is 19.5 Å². The predicted octanol–water partition coefficient (Wildman–Crippen LogP) is 1.84. The number of phenolic OH excluding ortho intramolecular Hbond substituents is 1. The number of nitrogens with two attached hydrogens (primary N) is 1. The number of phenols is 1. The lowest BCUT2D eigenvalue weighted by Crippen LogP contribution is -2.54. The summed E-state index contributed by atoms with van der Waals surface area (Å²) in [7, 11) is 0. The van der Waals surface area contributed by atoms with Crippen LogP contribution < -0.4 is 16.4 Å². The molecule has 3 amide bonds. The van der Waals surface area contributed by atoms with Gasteiger partial charge in [-0.2, -0.15) is 0 Å². The van der Waals surface area contributed by atoms with Crippen LogP contribution in [0.4, 0.5) is 4.79 Å². The van der Waals surface area contributed by atoms with Gasteiger partial charge in [-0.05, 0) is 50.8 Å². The van der Waals surface area contributed by atoms with Gasteiger partial charge in [-0.25, -0.2) is 4.79 Å². The molecule has 28 heavy (non-hydrogen) atoms. The molecule has 0 heterocycles. The Morgan fingerprint density at radius 2 is 1.64 bits per heavy atom. The number of hydrogen-bond donors (Lipinski definition) is 4. The number of hydrogen-bond acceptors (Lipinski definition) is 5. The molecule has 5 N–H and O–H groups in total. The van der Waals surface area contributed by atoms with Crippen LogP contribution in [0.15, 0.2) is 24.3 Å². The predicted molar refractivity (Wildman–Crippen MR) is 106 cm³/mol. The summed E-state index contributed by atoms with van der Waals surface area (Å²) in [5, 5.41) is 14.6. The summed E-state index contributed by atoms with van der Waals surface area (Å²) >= 11 is 0. The molecule has 8 heteroatoms. The third-order valence-electron chi connectivity index (χ3n) is 3.75. The van der Waals surface area contributed by atoms with Crippen LogP contribution in [0.25, 0.3) is 0 Å². The summed E-state index contributed by atoms with van der Waals surface area (Å²) in [5.41, 5.74) is 5.38. The third kappa shape index (κ3) is 8.75. The molecule has 0 aromatic heterocycles. The Labute approximate surface area is 165 Å². The van der Waals surface area contributed by atoms with Gasteiger partial charge >= 0.3 is 6.09 Å². The first kappa shape index (κ1) is 23.3. The van der Waals surface area contributed by atoms with Crippen molar-refractivity contribution >= 4 is 17.9 Å². The molecule has 1 rings (SSSR count). The van der Waals surface area contributed by atoms with E-state index < -0.39 is 35.6 Å². The molecule has 0 spiro atoms. The van der Waals surface area contributed by atoms with Crippen molar-refractivity contribution in [3.8, 4) is 5.75 Å². The zero-order valence-corrected chi connectivity index (χ0v) is 17.1. The zero-order chi connectivity index (χ0) is 21.5. The van der Waals surface area contributed by atoms with E-state index in [2.05, 4.69) is 10.6 Å². The fraction of sp³-hybridized carbons (Fsp3) is 0.550. The minimum Gasteiger partial charge on any atom is -0.508 e. The van der Waals surface area contributed by atoms with Crippen LogP contribution in [-0.2, 0) is 20.7 Å². The summed E-state index contributed by atoms with van der Waals surface area (Å²) in [4.78, 5) is 36.6. The number of nitrogens with one attached hydrogen (secondary N) is 2. The first-order valence-electron chi connectivity index (χ1n) is 9.24. The van der Waals surface area contributed by atoms with Crippen LogP contribution in [0, 0.1) is 5.92 Å². The van der Waals surface area contributed by atoms with Gasteiger partial charge in [0.1, 0.15) is 23.4 Å². The van der Waals surface area contributed by atoms with Gasteiger partial charge in [0, 0.05) is 6.42 Å². The fourth-order valence-electron chi connectivity index (χ4n) is 2.52. The fourth-order valence-corrected chi connectivity index (χ4v) is 2.52. The maximum absolute atomic E-state index is 12.8. The smallest absolute Gasteiger partial charge is 0.408 e. The Bertz CT molecular complexity index is 680. The molecule has 1 aromatic carbocycles. The Balaban J connectivity index is 2.96. The Morgan fingerprint density at radius 1 is 1.07 bits per heavy atom. The number of ether oxygens (including phenoxy) is 1. The van der Waals surface area contributed by atoms with Crippen molar-refractivity contribution in [2.75, 3.05) is 0 Å². The first-order valence-corrected chi connectivity index (χ1v) is 9.24. The van der Waals surface area contributed by atoms with Crippen LogP contribution in [0.3, 0.4) is 0 Å². The SMILES string of the molecule is CC(C)CC(NC(=O)C(Cc1ccc(O)cc1)NC(=O)OC(C)(C)C)C(N)=O. The highest BCUT2D eigenvalue weighted by atomic mass is 16.6. The van der Waals surface area contributed by atoms with Crippen LogP contribution in [0.1, 0.15) is 46.6 Å². The largest absolute Gasteiger partial charge is 0.508 e. The van der Waals surface area contributed by atoms with E-state index in [1.807, 2.05) is 13.8 Å². The lowest BCUT2D eigenvalue weighted by atomic mass is 10.0. The molecule has 0 saturated carbocycles. The third-order valence-corrected chi connectivity index (χ3v) is 3.75. The maximum Gasteiger partial charge on any atom is 0.408 e. The summed E-state index contributed by atoms with van der Waals surface area (Å²) in [6.07, 6.45) is -0.205. The van der Waals surface area contributed by atoms with Gasteiger partial charge in [0.15, 0.2) is 0 Å². The molecule has 0 bridgehead atoms. The molecule has 0 fully saturated rings. The van der Waals surface area contributed by atoms with Gasteiger partial charge in [-0.1, -0.05) is 26.0 Å². The normalized spacial score (nSPS) is 13.5. The van der Waals surface area contributed by atoms with Gasteiger partial charge in [-0.15, -0.1) is 0 Å². The van der Waals surface area contributed by atoms with Gasteiger partial charge in [0.05, 0.1) is 0 Å². The number of amides is 3. The van der Waals surface area contributed by atoms with Crippen molar-refractivity contribution < 1.29 is 24.2 Å². The van der Waals surface area contributed by atoms with Crippen molar-refractivity contribution in [1.29, 1.82) is 0 Å². The van der Waals surface area contributed by atoms with Crippen molar-refractivity contribution in [3.05, 3.63) is 29.8 Å². The monoisotopic (exact) mass is 393 g/mol. The minimum absolute atomic E-state index is 0.0931. The lowest BCUT2D eigenvalue weighted by molar-refractivity contribution is -0.128. The molecule has 0 radical (unpaired) electrons. The van der Waals surface area contributed by atoms with Gasteiger partial charge in [0.25, 0.3) is 0 Å². The van der Waals surface area contributed by atoms with Crippen LogP contribution >= 0.6 is 0 Å². The first-order chi connectivity index (χ1) is 12.9. The Kier molecular flexibility index (Phi) is 8.28. The number of aromatic hydroxyl groups is 1. The standard InChI is InChI=1S/C20H31N3O5/c1-12(2)10-15(17(21)25)22-18(26)16(23-19(27)28-20(3,4)5)11-13-6-8-14(24)9-7-13/h6-9,12,15-16,24H,10-11H2,1-5H3,(H2,21,25)(H,22,26)(H,23,27). The molecule has 0 aliphatic rings. The van der Waals surface area contributed by atoms with Crippen molar-refractivity contribution in [2.45, 2.75) is 65.1 Å². The zero-order valence-electron chi connectivity index (χ0n) is 17.1. The topological polar surface area (TPSA) is 131 Å². The van der Waals surface area contributed by atoms with Gasteiger partial charge in [-0.3, -0.25) is 9.59 Å². The molecular weight excluding hydrogens is 362 g/mol. The summed E-state index contributed by atoms with van der Waals surface area (Å²) in [6.45, 7) is 8.97. The molecule has 0 aliphatic carbocycles. The average Bonchev–Trinajstić information content (AvgIpc) is 2.53. The van der Waals surface area contributed by atoms with Crippen molar-refractivity contribution in [3.63, 3.8) is 0 Å². The van der Waals surface area contributed by atoms with Crippen LogP contribution in [-0.4, -0.2) is 40.7 Å². The highest BCUT2D eigenvalue weighted by Crippen LogP contribution is 2.13. The average molecular weight is 393 g/mol. The van der Waals surface area contributed by atoms with Crippen LogP contribution in [0.2, 0.25) is 0 Å². The Hall–Kier alpha value is -2.77. The van der Waals surface area contributed by atoms with E-state index in [1.165, 1.54) is 12.1 Å². The molecule has 2 atom stereocenters. The van der Waals surface area contributed by atoms with E-state index in [1.54, 1.807) is 32.9 Å². The van der Waals surface area contributed by atoms with Gasteiger partial charge < -0.3 is 26.2 Å². The molecular formula is C20H31N3O5. The highest BCUT2D eigenvalue weighted by molar-refractivity contribution is 5.90. The Morgan fingerprint density at radius 3 is 2.11 bits per heavy atom. The number of primary amides is 1. The molecule has 0 aliphatic heterocycles. The van der Waals surface area contributed by atoms with E-state index in [0.717, 1.165) is 0 Å². The lowest BCUT2D eigenvalue weighted by Gasteiger charge is -2.25. The molecule has 0 saturated heterocycles. The number of benzene rings is 1. The second kappa shape index (κ2) is 9.96. The molecule has 1 aromatic rings. The molecule has 2 unspecified atom stereocenters. The summed E-state index contributed by atoms with van der Waals surface area (Å²) in [6, 6.07) is 4.45. The highest BCUT2D eigenvalue weighted by Gasteiger charge is 2.28. The van der Waals surface area contributed by atoms with E-state index in [-0.39, 0.29) is 18.1 Å². The molecule has 8 nitrogen and oxygen atoms in total. The molecule has 156 valence electrons. The number of alkyl carbamates (subject to hydrolysis) is 1. The quantitative estimate of drug-likeness (QED) is 0.535. The number of carbonyl (C=O) groups is 3. The minimum atomic E-state index is -0.978. The van der Waals surface area contributed by atoms with Crippen LogP contribution in [0.5, 0.6) is 5.75 Å².